The topological polar surface area (TPSA) is 108 Å². The lowest BCUT2D eigenvalue weighted by Gasteiger charge is -2.14. The molecule has 6 aromatic rings. The molecule has 0 spiro atoms. The summed E-state index contributed by atoms with van der Waals surface area (Å²) in [5.74, 6) is 0.884. The van der Waals surface area contributed by atoms with E-state index in [0.29, 0.717) is 34.0 Å². The third-order valence-corrected chi connectivity index (χ3v) is 6.08. The third-order valence-electron chi connectivity index (χ3n) is 6.08. The summed E-state index contributed by atoms with van der Waals surface area (Å²) >= 11 is 0. The molecule has 0 saturated carbocycles. The van der Waals surface area contributed by atoms with Crippen LogP contribution < -0.4 is 0 Å². The van der Waals surface area contributed by atoms with E-state index in [1.54, 1.807) is 0 Å². The molecule has 0 unspecified atom stereocenters. The second kappa shape index (κ2) is 8.70. The number of benzene rings is 3. The van der Waals surface area contributed by atoms with E-state index in [2.05, 4.69) is 41.5 Å². The van der Waals surface area contributed by atoms with Crippen molar-refractivity contribution in [1.29, 1.82) is 10.5 Å². The average Bonchev–Trinajstić information content (AvgIpc) is 3.30. The first kappa shape index (κ1) is 21.6. The van der Waals surface area contributed by atoms with Gasteiger partial charge in [0, 0.05) is 52.2 Å². The maximum atomic E-state index is 9.23. The van der Waals surface area contributed by atoms with Crippen molar-refractivity contribution in [1.82, 2.24) is 24.5 Å². The molecule has 0 fully saturated rings. The molecule has 8 nitrogen and oxygen atoms in total. The zero-order chi connectivity index (χ0) is 25.4. The smallest absolute Gasteiger partial charge is 0.189 e. The van der Waals surface area contributed by atoms with Crippen LogP contribution in [0.25, 0.3) is 55.1 Å². The van der Waals surface area contributed by atoms with E-state index in [4.69, 9.17) is 11.8 Å². The first-order chi connectivity index (χ1) is 18.2. The lowest BCUT2D eigenvalue weighted by Crippen LogP contribution is -2.01. The SMILES string of the molecule is [C-]#[N+]c1ccc2c3ccccc3n(-c3ccc(-c4ncc(C#N)cn4)cc3-c3ncc(C#N)cn3)c2c1. The van der Waals surface area contributed by atoms with E-state index in [0.717, 1.165) is 33.1 Å². The quantitative estimate of drug-likeness (QED) is 0.291. The fourth-order valence-electron chi connectivity index (χ4n) is 4.40. The Kier molecular flexibility index (Phi) is 5.08. The third kappa shape index (κ3) is 3.61. The minimum absolute atomic E-state index is 0.357. The highest BCUT2D eigenvalue weighted by Gasteiger charge is 2.18. The average molecular weight is 474 g/mol. The summed E-state index contributed by atoms with van der Waals surface area (Å²) < 4.78 is 2.10. The minimum Gasteiger partial charge on any atom is -0.310 e. The van der Waals surface area contributed by atoms with Crippen LogP contribution in [0.2, 0.25) is 0 Å². The maximum absolute atomic E-state index is 9.23. The molecule has 0 saturated heterocycles. The van der Waals surface area contributed by atoms with Crippen molar-refractivity contribution < 1.29 is 0 Å². The summed E-state index contributed by atoms with van der Waals surface area (Å²) in [5.41, 5.74) is 5.34. The normalized spacial score (nSPS) is 10.6. The van der Waals surface area contributed by atoms with Gasteiger partial charge in [0.05, 0.1) is 28.9 Å². The molecule has 0 radical (unpaired) electrons. The molecule has 0 atom stereocenters. The summed E-state index contributed by atoms with van der Waals surface area (Å²) in [6.45, 7) is 7.53. The molecule has 8 heteroatoms. The molecular formula is C29H14N8. The molecule has 0 aliphatic carbocycles. The van der Waals surface area contributed by atoms with Gasteiger partial charge in [0.25, 0.3) is 0 Å². The molecule has 0 aliphatic heterocycles. The Labute approximate surface area is 211 Å². The van der Waals surface area contributed by atoms with Crippen LogP contribution in [0.5, 0.6) is 0 Å². The van der Waals surface area contributed by atoms with Gasteiger partial charge < -0.3 is 4.57 Å². The van der Waals surface area contributed by atoms with Gasteiger partial charge in [-0.25, -0.2) is 24.8 Å². The van der Waals surface area contributed by atoms with Crippen LogP contribution in [0, 0.1) is 29.2 Å². The highest BCUT2D eigenvalue weighted by molar-refractivity contribution is 6.10. The highest BCUT2D eigenvalue weighted by Crippen LogP contribution is 2.38. The van der Waals surface area contributed by atoms with E-state index in [9.17, 15) is 5.26 Å². The fourth-order valence-corrected chi connectivity index (χ4v) is 4.40. The molecule has 0 N–H and O–H groups in total. The Morgan fingerprint density at radius 3 is 2.03 bits per heavy atom. The summed E-state index contributed by atoms with van der Waals surface area (Å²) in [7, 11) is 0. The Morgan fingerprint density at radius 1 is 0.703 bits per heavy atom. The first-order valence-electron chi connectivity index (χ1n) is 11.2. The van der Waals surface area contributed by atoms with Gasteiger partial charge in [0.2, 0.25) is 0 Å². The Hall–Kier alpha value is -5.91. The Balaban J connectivity index is 1.67. The van der Waals surface area contributed by atoms with Crippen molar-refractivity contribution in [2.75, 3.05) is 0 Å². The van der Waals surface area contributed by atoms with Crippen molar-refractivity contribution in [3.8, 4) is 40.6 Å². The van der Waals surface area contributed by atoms with E-state index < -0.39 is 0 Å². The summed E-state index contributed by atoms with van der Waals surface area (Å²) in [4.78, 5) is 21.2. The number of rotatable bonds is 3. The lowest BCUT2D eigenvalue weighted by atomic mass is 10.1. The second-order valence-corrected chi connectivity index (χ2v) is 8.21. The fraction of sp³-hybridized carbons (Fsp3) is 0. The van der Waals surface area contributed by atoms with Crippen LogP contribution >= 0.6 is 0 Å². The second-order valence-electron chi connectivity index (χ2n) is 8.21. The van der Waals surface area contributed by atoms with Gasteiger partial charge in [-0.2, -0.15) is 10.5 Å². The van der Waals surface area contributed by atoms with Crippen molar-refractivity contribution in [2.45, 2.75) is 0 Å². The minimum atomic E-state index is 0.357. The maximum Gasteiger partial charge on any atom is 0.189 e. The molecular weight excluding hydrogens is 460 g/mol. The van der Waals surface area contributed by atoms with E-state index in [1.807, 2.05) is 60.7 Å². The zero-order valence-corrected chi connectivity index (χ0v) is 19.2. The predicted molar refractivity (Wildman–Crippen MR) is 139 cm³/mol. The number of nitriles is 2. The zero-order valence-electron chi connectivity index (χ0n) is 19.2. The van der Waals surface area contributed by atoms with Gasteiger partial charge in [0.15, 0.2) is 17.3 Å². The standard InChI is InChI=1S/C29H14N8/c1-32-21-7-8-23-22-4-2-3-5-25(22)37(27(23)11-21)26-9-6-20(28-33-14-18(12-30)15-34-28)10-24(26)29-35-16-19(13-31)17-36-29/h2-11,14-17H. The summed E-state index contributed by atoms with van der Waals surface area (Å²) in [6, 6.07) is 23.6. The molecule has 37 heavy (non-hydrogen) atoms. The van der Waals surface area contributed by atoms with E-state index >= 15 is 0 Å². The molecule has 170 valence electrons. The van der Waals surface area contributed by atoms with Gasteiger partial charge in [-0.3, -0.25) is 0 Å². The Morgan fingerprint density at radius 2 is 1.35 bits per heavy atom. The molecule has 0 aliphatic rings. The van der Waals surface area contributed by atoms with Crippen molar-refractivity contribution in [3.63, 3.8) is 0 Å². The predicted octanol–water partition coefficient (Wildman–Crippen LogP) is 5.99. The van der Waals surface area contributed by atoms with Crippen LogP contribution in [-0.4, -0.2) is 24.5 Å². The van der Waals surface area contributed by atoms with Gasteiger partial charge >= 0.3 is 0 Å². The van der Waals surface area contributed by atoms with Gasteiger partial charge in [0.1, 0.15) is 12.1 Å². The molecule has 6 rings (SSSR count). The van der Waals surface area contributed by atoms with E-state index in [1.165, 1.54) is 24.8 Å². The van der Waals surface area contributed by atoms with Crippen molar-refractivity contribution >= 4 is 27.5 Å². The molecule has 0 amide bonds. The number of para-hydroxylation sites is 1. The number of nitrogens with zero attached hydrogens (tertiary/aromatic N) is 8. The van der Waals surface area contributed by atoms with Gasteiger partial charge in [-0.1, -0.05) is 30.3 Å². The molecule has 3 heterocycles. The lowest BCUT2D eigenvalue weighted by molar-refractivity contribution is 1.12. The highest BCUT2D eigenvalue weighted by atomic mass is 15.0. The van der Waals surface area contributed by atoms with Gasteiger partial charge in [-0.15, -0.1) is 0 Å². The summed E-state index contributed by atoms with van der Waals surface area (Å²) in [6.07, 6.45) is 5.93. The monoisotopic (exact) mass is 474 g/mol. The number of aromatic nitrogens is 5. The van der Waals surface area contributed by atoms with Crippen LogP contribution in [0.3, 0.4) is 0 Å². The van der Waals surface area contributed by atoms with Crippen LogP contribution in [-0.2, 0) is 0 Å². The first-order valence-corrected chi connectivity index (χ1v) is 11.2. The molecule has 3 aromatic carbocycles. The van der Waals surface area contributed by atoms with Crippen molar-refractivity contribution in [3.05, 3.63) is 108 Å². The molecule has 0 bridgehead atoms. The number of hydrogen-bond donors (Lipinski definition) is 0. The van der Waals surface area contributed by atoms with Crippen molar-refractivity contribution in [2.24, 2.45) is 0 Å². The van der Waals surface area contributed by atoms with E-state index in [-0.39, 0.29) is 0 Å². The van der Waals surface area contributed by atoms with Crippen LogP contribution in [0.15, 0.2) is 85.5 Å². The number of hydrogen-bond acceptors (Lipinski definition) is 6. The molecule has 3 aromatic heterocycles. The van der Waals surface area contributed by atoms with Crippen LogP contribution in [0.4, 0.5) is 5.69 Å². The van der Waals surface area contributed by atoms with Gasteiger partial charge in [-0.05, 0) is 30.3 Å². The Bertz CT molecular complexity index is 1950. The largest absolute Gasteiger partial charge is 0.310 e. The number of fused-ring (bicyclic) bond motifs is 3. The summed E-state index contributed by atoms with van der Waals surface area (Å²) in [5, 5.41) is 20.4. The van der Waals surface area contributed by atoms with Crippen LogP contribution in [0.1, 0.15) is 11.1 Å².